The van der Waals surface area contributed by atoms with Crippen LogP contribution in [-0.4, -0.2) is 15.0 Å². The molecular formula is C30H55NaO3S. The second-order valence-electron chi connectivity index (χ2n) is 10.0. The van der Waals surface area contributed by atoms with Crippen LogP contribution in [0.4, 0.5) is 0 Å². The Morgan fingerprint density at radius 3 is 1.20 bits per heavy atom. The Morgan fingerprint density at radius 2 is 0.857 bits per heavy atom. The van der Waals surface area contributed by atoms with Crippen molar-refractivity contribution < 1.29 is 43.6 Å². The molecule has 0 bridgehead atoms. The number of rotatable bonds is 25. The van der Waals surface area contributed by atoms with E-state index in [0.717, 1.165) is 12.8 Å². The monoisotopic (exact) mass is 518 g/mol. The zero-order valence-corrected chi connectivity index (χ0v) is 26.1. The van der Waals surface area contributed by atoms with Crippen LogP contribution >= 0.6 is 0 Å². The van der Waals surface area contributed by atoms with Gasteiger partial charge in [0.1, 0.15) is 0 Å². The number of unbranched alkanes of at least 4 members (excludes halogenated alkanes) is 21. The van der Waals surface area contributed by atoms with E-state index in [2.05, 4.69) is 6.92 Å². The van der Waals surface area contributed by atoms with E-state index in [4.69, 9.17) is 4.18 Å². The Hall–Kier alpha value is 0.130. The largest absolute Gasteiger partial charge is 1.00 e. The first-order valence-corrected chi connectivity index (χ1v) is 16.0. The predicted molar refractivity (Wildman–Crippen MR) is 148 cm³/mol. The molecule has 0 unspecified atom stereocenters. The molecule has 0 saturated heterocycles. The van der Waals surface area contributed by atoms with Crippen LogP contribution in [0.2, 0.25) is 0 Å². The number of hydrogen-bond acceptors (Lipinski definition) is 3. The molecule has 0 aromatic heterocycles. The molecular weight excluding hydrogens is 463 g/mol. The van der Waals surface area contributed by atoms with Crippen LogP contribution in [0.15, 0.2) is 35.2 Å². The second-order valence-corrected chi connectivity index (χ2v) is 11.6. The van der Waals surface area contributed by atoms with Crippen LogP contribution < -0.4 is 29.6 Å². The summed E-state index contributed by atoms with van der Waals surface area (Å²) in [6.07, 6.45) is 29.8. The molecule has 1 aromatic rings. The van der Waals surface area contributed by atoms with Gasteiger partial charge in [0.15, 0.2) is 0 Å². The zero-order chi connectivity index (χ0) is 24.6. The van der Waals surface area contributed by atoms with Gasteiger partial charge in [-0.05, 0) is 18.6 Å². The van der Waals surface area contributed by atoms with E-state index in [1.807, 2.05) is 0 Å². The Kier molecular flexibility index (Phi) is 25.9. The van der Waals surface area contributed by atoms with Crippen molar-refractivity contribution >= 4 is 10.1 Å². The maximum atomic E-state index is 12.0. The molecule has 0 heterocycles. The standard InChI is InChI=1S/C30H54O3S.Na.H/c1-2-3-4-5-6-7-8-9-10-11-12-13-14-15-16-17-18-19-20-21-22-26-29-33-34(31,32)30-27-24-23-25-28-30;;/h23-25,27-28H,2-22,26,29H2,1H3;;/q;+1;-1. The van der Waals surface area contributed by atoms with Crippen LogP contribution in [-0.2, 0) is 14.3 Å². The quantitative estimate of drug-likeness (QED) is 0.0787. The minimum atomic E-state index is -3.59. The van der Waals surface area contributed by atoms with Gasteiger partial charge < -0.3 is 1.43 Å². The molecule has 200 valence electrons. The van der Waals surface area contributed by atoms with Gasteiger partial charge in [-0.15, -0.1) is 0 Å². The maximum Gasteiger partial charge on any atom is 1.00 e. The van der Waals surface area contributed by atoms with Crippen molar-refractivity contribution in [2.45, 2.75) is 153 Å². The van der Waals surface area contributed by atoms with Gasteiger partial charge in [-0.3, -0.25) is 4.18 Å². The van der Waals surface area contributed by atoms with Crippen molar-refractivity contribution in [1.82, 2.24) is 0 Å². The van der Waals surface area contributed by atoms with Crippen LogP contribution in [0.5, 0.6) is 0 Å². The molecule has 1 aromatic carbocycles. The Labute approximate surface area is 242 Å². The van der Waals surface area contributed by atoms with Gasteiger partial charge in [-0.1, -0.05) is 160 Å². The van der Waals surface area contributed by atoms with Crippen molar-refractivity contribution in [3.05, 3.63) is 30.3 Å². The number of benzene rings is 1. The minimum Gasteiger partial charge on any atom is -1.00 e. The van der Waals surface area contributed by atoms with Gasteiger partial charge in [0, 0.05) is 0 Å². The zero-order valence-electron chi connectivity index (χ0n) is 24.3. The Balaban J connectivity index is 0. The summed E-state index contributed by atoms with van der Waals surface area (Å²) in [5.74, 6) is 0. The normalized spacial score (nSPS) is 11.5. The summed E-state index contributed by atoms with van der Waals surface area (Å²) in [4.78, 5) is 0.244. The van der Waals surface area contributed by atoms with E-state index in [9.17, 15) is 8.42 Å². The first kappa shape index (κ1) is 35.1. The molecule has 0 aliphatic heterocycles. The molecule has 0 saturated carbocycles. The molecule has 1 rings (SSSR count). The number of hydrogen-bond donors (Lipinski definition) is 0. The van der Waals surface area contributed by atoms with Gasteiger partial charge in [0.2, 0.25) is 0 Å². The van der Waals surface area contributed by atoms with E-state index in [-0.39, 0.29) is 42.5 Å². The molecule has 0 spiro atoms. The molecule has 0 atom stereocenters. The first-order valence-electron chi connectivity index (χ1n) is 14.6. The van der Waals surface area contributed by atoms with Crippen LogP contribution in [0.1, 0.15) is 150 Å². The fourth-order valence-electron chi connectivity index (χ4n) is 4.53. The van der Waals surface area contributed by atoms with Crippen LogP contribution in [0.25, 0.3) is 0 Å². The summed E-state index contributed by atoms with van der Waals surface area (Å²) in [5, 5.41) is 0. The minimum absolute atomic E-state index is 0. The van der Waals surface area contributed by atoms with Crippen LogP contribution in [0, 0.1) is 0 Å². The molecule has 0 aliphatic rings. The molecule has 0 radical (unpaired) electrons. The maximum absolute atomic E-state index is 12.0. The van der Waals surface area contributed by atoms with Gasteiger partial charge in [-0.2, -0.15) is 8.42 Å². The topological polar surface area (TPSA) is 43.4 Å². The van der Waals surface area contributed by atoms with E-state index in [1.54, 1.807) is 30.3 Å². The molecule has 35 heavy (non-hydrogen) atoms. The first-order chi connectivity index (χ1) is 16.7. The van der Waals surface area contributed by atoms with Gasteiger partial charge >= 0.3 is 29.6 Å². The van der Waals surface area contributed by atoms with Crippen molar-refractivity contribution in [2.24, 2.45) is 0 Å². The SMILES string of the molecule is CCCCCCCCCCCCCCCCCCCCCCCCOS(=O)(=O)c1ccccc1.[H-].[Na+]. The molecule has 0 fully saturated rings. The molecule has 3 nitrogen and oxygen atoms in total. The summed E-state index contributed by atoms with van der Waals surface area (Å²) < 4.78 is 29.2. The summed E-state index contributed by atoms with van der Waals surface area (Å²) in [6.45, 7) is 2.58. The van der Waals surface area contributed by atoms with Crippen molar-refractivity contribution in [2.75, 3.05) is 6.61 Å². The van der Waals surface area contributed by atoms with E-state index in [1.165, 1.54) is 128 Å². The van der Waals surface area contributed by atoms with Gasteiger partial charge in [0.25, 0.3) is 10.1 Å². The third-order valence-corrected chi connectivity index (χ3v) is 8.09. The van der Waals surface area contributed by atoms with Crippen molar-refractivity contribution in [3.8, 4) is 0 Å². The van der Waals surface area contributed by atoms with E-state index in [0.29, 0.717) is 0 Å². The third-order valence-electron chi connectivity index (χ3n) is 6.77. The fraction of sp³-hybridized carbons (Fsp3) is 0.800. The summed E-state index contributed by atoms with van der Waals surface area (Å²) in [7, 11) is -3.59. The average Bonchev–Trinajstić information content (AvgIpc) is 2.85. The predicted octanol–water partition coefficient (Wildman–Crippen LogP) is 7.11. The fourth-order valence-corrected chi connectivity index (χ4v) is 5.50. The smallest absolute Gasteiger partial charge is 1.00 e. The Morgan fingerprint density at radius 1 is 0.543 bits per heavy atom. The second kappa shape index (κ2) is 25.8. The summed E-state index contributed by atoms with van der Waals surface area (Å²) in [6, 6.07) is 8.40. The van der Waals surface area contributed by atoms with Gasteiger partial charge in [0.05, 0.1) is 11.5 Å². The summed E-state index contributed by atoms with van der Waals surface area (Å²) >= 11 is 0. The van der Waals surface area contributed by atoms with Gasteiger partial charge in [-0.25, -0.2) is 0 Å². The van der Waals surface area contributed by atoms with Crippen LogP contribution in [0.3, 0.4) is 0 Å². The summed E-state index contributed by atoms with van der Waals surface area (Å²) in [5.41, 5.74) is 0. The Bertz CT molecular complexity index is 655. The van der Waals surface area contributed by atoms with Crippen molar-refractivity contribution in [3.63, 3.8) is 0 Å². The molecule has 0 aliphatic carbocycles. The van der Waals surface area contributed by atoms with E-state index < -0.39 is 10.1 Å². The van der Waals surface area contributed by atoms with Crippen molar-refractivity contribution in [1.29, 1.82) is 0 Å². The third kappa shape index (κ3) is 21.9. The van der Waals surface area contributed by atoms with E-state index >= 15 is 0 Å². The molecule has 0 N–H and O–H groups in total. The average molecular weight is 519 g/mol. The molecule has 0 amide bonds. The molecule has 5 heteroatoms.